The first-order chi connectivity index (χ1) is 16.4. The zero-order valence-electron chi connectivity index (χ0n) is 18.2. The molecule has 1 fully saturated rings. The van der Waals surface area contributed by atoms with Gasteiger partial charge in [0.25, 0.3) is 5.91 Å². The van der Waals surface area contributed by atoms with Crippen LogP contribution in [0, 0.1) is 11.6 Å². The Morgan fingerprint density at radius 3 is 2.15 bits per heavy atom. The summed E-state index contributed by atoms with van der Waals surface area (Å²) in [6.45, 7) is -0.0385. The number of methoxy groups -OCH3 is 1. The van der Waals surface area contributed by atoms with E-state index in [4.69, 9.17) is 4.74 Å². The number of ether oxygens (including phenoxy) is 1. The van der Waals surface area contributed by atoms with Crippen LogP contribution in [-0.4, -0.2) is 35.9 Å². The molecule has 1 heterocycles. The Bertz CT molecular complexity index is 1200. The monoisotopic (exact) mass is 465 g/mol. The predicted molar refractivity (Wildman–Crippen MR) is 121 cm³/mol. The van der Waals surface area contributed by atoms with Crippen molar-refractivity contribution < 1.29 is 27.9 Å². The largest absolute Gasteiger partial charge is 0.497 e. The van der Waals surface area contributed by atoms with Crippen molar-refractivity contribution >= 4 is 29.2 Å². The SMILES string of the molecule is COc1ccc(NC(=O)N(Cc2ccc(F)cc2)C2CC(=O)N(c3ccc(F)cc3)C2=O)cc1. The lowest BCUT2D eigenvalue weighted by Gasteiger charge is -2.28. The van der Waals surface area contributed by atoms with E-state index >= 15 is 0 Å². The van der Waals surface area contributed by atoms with E-state index in [0.29, 0.717) is 17.0 Å². The van der Waals surface area contributed by atoms with Gasteiger partial charge in [0.1, 0.15) is 23.4 Å². The minimum atomic E-state index is -1.10. The number of amides is 4. The molecule has 4 amide bonds. The van der Waals surface area contributed by atoms with E-state index in [0.717, 1.165) is 17.0 Å². The third-order valence-electron chi connectivity index (χ3n) is 5.45. The number of carbonyl (C=O) groups excluding carboxylic acids is 3. The molecular weight excluding hydrogens is 444 g/mol. The fourth-order valence-corrected chi connectivity index (χ4v) is 3.70. The van der Waals surface area contributed by atoms with Gasteiger partial charge in [0.15, 0.2) is 0 Å². The molecule has 1 aliphatic heterocycles. The maximum atomic E-state index is 13.4. The van der Waals surface area contributed by atoms with Crippen LogP contribution >= 0.6 is 0 Å². The minimum absolute atomic E-state index is 0.0385. The maximum Gasteiger partial charge on any atom is 0.322 e. The van der Waals surface area contributed by atoms with Gasteiger partial charge < -0.3 is 15.0 Å². The first-order valence-electron chi connectivity index (χ1n) is 10.4. The highest BCUT2D eigenvalue weighted by Gasteiger charge is 2.44. The first-order valence-corrected chi connectivity index (χ1v) is 10.4. The van der Waals surface area contributed by atoms with Crippen molar-refractivity contribution in [3.8, 4) is 5.75 Å². The first kappa shape index (κ1) is 22.9. The molecule has 1 N–H and O–H groups in total. The lowest BCUT2D eigenvalue weighted by Crippen LogP contribution is -2.46. The van der Waals surface area contributed by atoms with Crippen molar-refractivity contribution in [2.24, 2.45) is 0 Å². The number of hydrogen-bond donors (Lipinski definition) is 1. The number of nitrogens with zero attached hydrogens (tertiary/aromatic N) is 2. The Labute approximate surface area is 194 Å². The summed E-state index contributed by atoms with van der Waals surface area (Å²) in [5, 5.41) is 2.73. The molecule has 0 spiro atoms. The number of anilines is 2. The smallest absolute Gasteiger partial charge is 0.322 e. The molecule has 1 atom stereocenters. The second kappa shape index (κ2) is 9.70. The molecule has 0 aliphatic carbocycles. The van der Waals surface area contributed by atoms with E-state index in [1.165, 1.54) is 48.4 Å². The Hall–Kier alpha value is -4.27. The van der Waals surface area contributed by atoms with Crippen LogP contribution in [0.4, 0.5) is 25.0 Å². The topological polar surface area (TPSA) is 79.0 Å². The molecule has 9 heteroatoms. The fraction of sp³-hybridized carbons (Fsp3) is 0.160. The van der Waals surface area contributed by atoms with E-state index < -0.39 is 35.5 Å². The molecule has 4 rings (SSSR count). The van der Waals surface area contributed by atoms with Gasteiger partial charge in [0.05, 0.1) is 19.2 Å². The molecule has 174 valence electrons. The van der Waals surface area contributed by atoms with Gasteiger partial charge in [0, 0.05) is 12.2 Å². The Balaban J connectivity index is 1.61. The van der Waals surface area contributed by atoms with Gasteiger partial charge >= 0.3 is 6.03 Å². The number of halogens is 2. The van der Waals surface area contributed by atoms with Gasteiger partial charge in [-0.25, -0.2) is 18.5 Å². The Kier molecular flexibility index (Phi) is 6.53. The number of carbonyl (C=O) groups is 3. The zero-order chi connectivity index (χ0) is 24.2. The van der Waals surface area contributed by atoms with Crippen LogP contribution in [0.15, 0.2) is 72.8 Å². The molecule has 3 aromatic rings. The van der Waals surface area contributed by atoms with Crippen molar-refractivity contribution in [1.29, 1.82) is 0 Å². The van der Waals surface area contributed by atoms with E-state index in [1.807, 2.05) is 0 Å². The molecule has 3 aromatic carbocycles. The van der Waals surface area contributed by atoms with Crippen molar-refractivity contribution in [3.63, 3.8) is 0 Å². The highest BCUT2D eigenvalue weighted by Crippen LogP contribution is 2.28. The van der Waals surface area contributed by atoms with E-state index in [2.05, 4.69) is 5.32 Å². The van der Waals surface area contributed by atoms with E-state index in [1.54, 1.807) is 24.3 Å². The highest BCUT2D eigenvalue weighted by atomic mass is 19.1. The number of rotatable bonds is 6. The molecule has 0 saturated carbocycles. The molecule has 1 unspecified atom stereocenters. The molecule has 1 aliphatic rings. The average molecular weight is 465 g/mol. The standard InChI is InChI=1S/C25H21F2N3O4/c1-34-21-12-8-19(9-13-21)28-25(33)29(15-16-2-4-17(26)5-3-16)22-14-23(31)30(24(22)32)20-10-6-18(27)7-11-20/h2-13,22H,14-15H2,1H3,(H,28,33). The molecule has 0 radical (unpaired) electrons. The number of hydrogen-bond acceptors (Lipinski definition) is 4. The summed E-state index contributed by atoms with van der Waals surface area (Å²) in [6, 6.07) is 15.4. The summed E-state index contributed by atoms with van der Waals surface area (Å²) < 4.78 is 31.8. The number of nitrogens with one attached hydrogen (secondary N) is 1. The van der Waals surface area contributed by atoms with Gasteiger partial charge in [-0.05, 0) is 66.2 Å². The zero-order valence-corrected chi connectivity index (χ0v) is 18.2. The summed E-state index contributed by atoms with van der Waals surface area (Å²) in [7, 11) is 1.52. The summed E-state index contributed by atoms with van der Waals surface area (Å²) >= 11 is 0. The Morgan fingerprint density at radius 2 is 1.56 bits per heavy atom. The molecule has 7 nitrogen and oxygen atoms in total. The molecular formula is C25H21F2N3O4. The van der Waals surface area contributed by atoms with Crippen LogP contribution in [0.5, 0.6) is 5.75 Å². The highest BCUT2D eigenvalue weighted by molar-refractivity contribution is 6.23. The quantitative estimate of drug-likeness (QED) is 0.550. The summed E-state index contributed by atoms with van der Waals surface area (Å²) in [6.07, 6.45) is -0.243. The van der Waals surface area contributed by atoms with Gasteiger partial charge in [-0.3, -0.25) is 9.59 Å². The van der Waals surface area contributed by atoms with Gasteiger partial charge in [-0.2, -0.15) is 0 Å². The third kappa shape index (κ3) is 4.88. The average Bonchev–Trinajstić information content (AvgIpc) is 3.13. The number of imide groups is 1. The van der Waals surface area contributed by atoms with Crippen LogP contribution in [0.1, 0.15) is 12.0 Å². The van der Waals surface area contributed by atoms with Gasteiger partial charge in [-0.1, -0.05) is 12.1 Å². The molecule has 0 aromatic heterocycles. The lowest BCUT2D eigenvalue weighted by molar-refractivity contribution is -0.122. The fourth-order valence-electron chi connectivity index (χ4n) is 3.70. The molecule has 0 bridgehead atoms. The van der Waals surface area contributed by atoms with Crippen molar-refractivity contribution in [3.05, 3.63) is 90.0 Å². The van der Waals surface area contributed by atoms with Crippen LogP contribution < -0.4 is 15.0 Å². The summed E-state index contributed by atoms with van der Waals surface area (Å²) in [4.78, 5) is 41.4. The van der Waals surface area contributed by atoms with Crippen LogP contribution in [0.2, 0.25) is 0 Å². The normalized spacial score (nSPS) is 15.4. The van der Waals surface area contributed by atoms with Gasteiger partial charge in [0.2, 0.25) is 5.91 Å². The Morgan fingerprint density at radius 1 is 0.971 bits per heavy atom. The number of urea groups is 1. The maximum absolute atomic E-state index is 13.4. The molecule has 34 heavy (non-hydrogen) atoms. The predicted octanol–water partition coefficient (Wildman–Crippen LogP) is 4.34. The van der Waals surface area contributed by atoms with E-state index in [9.17, 15) is 23.2 Å². The second-order valence-corrected chi connectivity index (χ2v) is 7.68. The van der Waals surface area contributed by atoms with Gasteiger partial charge in [-0.15, -0.1) is 0 Å². The number of benzene rings is 3. The van der Waals surface area contributed by atoms with Crippen LogP contribution in [-0.2, 0) is 16.1 Å². The van der Waals surface area contributed by atoms with Crippen molar-refractivity contribution in [1.82, 2.24) is 4.90 Å². The summed E-state index contributed by atoms with van der Waals surface area (Å²) in [5.41, 5.74) is 1.25. The van der Waals surface area contributed by atoms with E-state index in [-0.39, 0.29) is 18.7 Å². The van der Waals surface area contributed by atoms with Crippen molar-refractivity contribution in [2.45, 2.75) is 19.0 Å². The summed E-state index contributed by atoms with van der Waals surface area (Å²) in [5.74, 6) is -1.46. The van der Waals surface area contributed by atoms with Crippen molar-refractivity contribution in [2.75, 3.05) is 17.3 Å². The lowest BCUT2D eigenvalue weighted by atomic mass is 10.1. The molecule has 1 saturated heterocycles. The van der Waals surface area contributed by atoms with Crippen LogP contribution in [0.3, 0.4) is 0 Å². The van der Waals surface area contributed by atoms with Crippen LogP contribution in [0.25, 0.3) is 0 Å². The second-order valence-electron chi connectivity index (χ2n) is 7.68. The third-order valence-corrected chi connectivity index (χ3v) is 5.45. The minimum Gasteiger partial charge on any atom is -0.497 e.